The van der Waals surface area contributed by atoms with Crippen molar-refractivity contribution in [1.82, 2.24) is 34.9 Å². The van der Waals surface area contributed by atoms with E-state index in [1.54, 1.807) is 11.7 Å². The third-order valence-electron chi connectivity index (χ3n) is 14.1. The summed E-state index contributed by atoms with van der Waals surface area (Å²) in [5, 5.41) is 24.9. The molecule has 0 bridgehead atoms. The second-order valence-electron chi connectivity index (χ2n) is 19.0. The third-order valence-corrected chi connectivity index (χ3v) is 15.1. The molecule has 6 heterocycles. The molecule has 3 aliphatic rings. The van der Waals surface area contributed by atoms with Crippen LogP contribution in [0, 0.1) is 6.92 Å². The molecule has 2 saturated heterocycles. The van der Waals surface area contributed by atoms with E-state index in [2.05, 4.69) is 49.7 Å². The standard InChI is InChI=1S/C54H56N10O7S/c1-31-27-62(30-48(66)55-35-16-17-39-43(26-35)61(4)60-49(39)40-19-21-47(65)58-52(40)68)28-32(2)64(31)23-9-25-71-44-14-8-11-36(33(44)3)37-18-20-46(57-50(37)53(69)70)63-24-22-34-10-7-12-38(41(34)29-63)51(67)59-54-56-42-13-5-6-15-45(42)72-54/h5-8,10-18,20,26,31-32,40H,9,19,21-25,27-30H2,1-4H3,(H,55,66)(H,69,70)(H,56,59,67)(H,58,65,68)/t31-,32+,40?. The fourth-order valence-electron chi connectivity index (χ4n) is 10.6. The Hall–Kier alpha value is -7.54. The topological polar surface area (TPSA) is 204 Å². The number of hydrogen-bond donors (Lipinski definition) is 4. The van der Waals surface area contributed by atoms with Crippen molar-refractivity contribution in [1.29, 1.82) is 0 Å². The number of benzene rings is 4. The van der Waals surface area contributed by atoms with Gasteiger partial charge in [-0.3, -0.25) is 44.3 Å². The third kappa shape index (κ3) is 9.89. The van der Waals surface area contributed by atoms with Gasteiger partial charge in [0.15, 0.2) is 10.8 Å². The number of nitrogens with zero attached hydrogens (tertiary/aromatic N) is 7. The number of carboxylic acids is 1. The van der Waals surface area contributed by atoms with Crippen LogP contribution in [0.15, 0.2) is 91.0 Å². The van der Waals surface area contributed by atoms with E-state index in [1.165, 1.54) is 11.3 Å². The van der Waals surface area contributed by atoms with Gasteiger partial charge in [-0.05, 0) is 117 Å². The second kappa shape index (κ2) is 20.3. The first-order valence-corrected chi connectivity index (χ1v) is 25.2. The molecule has 10 rings (SSSR count). The molecular weight excluding hydrogens is 933 g/mol. The van der Waals surface area contributed by atoms with Crippen molar-refractivity contribution >= 4 is 78.7 Å². The number of carbonyl (C=O) groups is 5. The predicted octanol–water partition coefficient (Wildman–Crippen LogP) is 7.39. The fraction of sp³-hybridized carbons (Fsp3) is 0.333. The Morgan fingerprint density at radius 2 is 1.71 bits per heavy atom. The number of piperidine rings is 1. The quantitative estimate of drug-likeness (QED) is 0.0621. The summed E-state index contributed by atoms with van der Waals surface area (Å²) in [6.45, 7) is 10.3. The molecule has 3 atom stereocenters. The lowest BCUT2D eigenvalue weighted by atomic mass is 9.93. The van der Waals surface area contributed by atoms with Crippen molar-refractivity contribution in [2.24, 2.45) is 7.05 Å². The van der Waals surface area contributed by atoms with Gasteiger partial charge < -0.3 is 20.1 Å². The van der Waals surface area contributed by atoms with Crippen LogP contribution in [0.2, 0.25) is 0 Å². The average molecular weight is 989 g/mol. The number of pyridine rings is 1. The number of carboxylic acid groups (broad SMARTS) is 1. The van der Waals surface area contributed by atoms with Crippen LogP contribution < -0.4 is 25.6 Å². The molecule has 4 amide bonds. The fourth-order valence-corrected chi connectivity index (χ4v) is 11.5. The van der Waals surface area contributed by atoms with Crippen LogP contribution in [0.25, 0.3) is 32.2 Å². The molecule has 17 nitrogen and oxygen atoms in total. The molecule has 18 heteroatoms. The molecule has 4 N–H and O–H groups in total. The summed E-state index contributed by atoms with van der Waals surface area (Å²) in [5.74, 6) is -1.42. The monoisotopic (exact) mass is 988 g/mol. The van der Waals surface area contributed by atoms with Crippen LogP contribution in [0.4, 0.5) is 16.6 Å². The van der Waals surface area contributed by atoms with Crippen LogP contribution in [-0.4, -0.2) is 116 Å². The first kappa shape index (κ1) is 48.1. The molecular formula is C54H56N10O7S. The molecule has 2 fully saturated rings. The van der Waals surface area contributed by atoms with Crippen LogP contribution in [-0.2, 0) is 34.4 Å². The number of amides is 4. The van der Waals surface area contributed by atoms with E-state index in [-0.39, 0.29) is 54.4 Å². The van der Waals surface area contributed by atoms with E-state index in [4.69, 9.17) is 9.72 Å². The summed E-state index contributed by atoms with van der Waals surface area (Å²) in [4.78, 5) is 80.1. The predicted molar refractivity (Wildman–Crippen MR) is 277 cm³/mol. The smallest absolute Gasteiger partial charge is 0.355 e. The summed E-state index contributed by atoms with van der Waals surface area (Å²) in [6.07, 6.45) is 2.11. The van der Waals surface area contributed by atoms with Crippen molar-refractivity contribution in [2.45, 2.75) is 71.0 Å². The van der Waals surface area contributed by atoms with Gasteiger partial charge in [0.2, 0.25) is 17.7 Å². The van der Waals surface area contributed by atoms with Gasteiger partial charge in [-0.15, -0.1) is 0 Å². The highest BCUT2D eigenvalue weighted by Gasteiger charge is 2.33. The van der Waals surface area contributed by atoms with E-state index in [1.807, 2.05) is 103 Å². The number of nitrogens with one attached hydrogen (secondary N) is 3. The van der Waals surface area contributed by atoms with Gasteiger partial charge >= 0.3 is 5.97 Å². The van der Waals surface area contributed by atoms with Crippen molar-refractivity contribution in [3.05, 3.63) is 125 Å². The van der Waals surface area contributed by atoms with Crippen LogP contribution >= 0.6 is 11.3 Å². The van der Waals surface area contributed by atoms with E-state index < -0.39 is 11.9 Å². The molecule has 370 valence electrons. The average Bonchev–Trinajstić information content (AvgIpc) is 3.92. The maximum absolute atomic E-state index is 13.7. The number of carbonyl (C=O) groups excluding carboxylic acids is 4. The van der Waals surface area contributed by atoms with E-state index in [0.717, 1.165) is 69.4 Å². The summed E-state index contributed by atoms with van der Waals surface area (Å²) in [7, 11) is 1.80. The van der Waals surface area contributed by atoms with Gasteiger partial charge in [-0.25, -0.2) is 14.8 Å². The van der Waals surface area contributed by atoms with Gasteiger partial charge in [0.1, 0.15) is 11.6 Å². The maximum atomic E-state index is 13.7. The lowest BCUT2D eigenvalue weighted by Crippen LogP contribution is -2.58. The number of imide groups is 1. The highest BCUT2D eigenvalue weighted by molar-refractivity contribution is 7.22. The van der Waals surface area contributed by atoms with Gasteiger partial charge in [-0.2, -0.15) is 5.10 Å². The lowest BCUT2D eigenvalue weighted by Gasteiger charge is -2.44. The SMILES string of the molecule is Cc1c(OCCCN2[C@H](C)CN(CC(=O)Nc3ccc4c(C5CCC(=O)NC5=O)nn(C)c4c3)C[C@@H]2C)cccc1-c1ccc(N2CCc3cccc(C(=O)Nc4nc5ccccc5s4)c3C2)nc1C(=O)O. The van der Waals surface area contributed by atoms with E-state index in [0.29, 0.717) is 71.7 Å². The molecule has 1 unspecified atom stereocenters. The number of thiazole rings is 1. The number of aryl methyl sites for hydroxylation is 1. The van der Waals surface area contributed by atoms with Gasteiger partial charge in [0, 0.05) is 80.5 Å². The maximum Gasteiger partial charge on any atom is 0.355 e. The Bertz CT molecular complexity index is 3230. The van der Waals surface area contributed by atoms with Crippen molar-refractivity contribution in [2.75, 3.05) is 54.9 Å². The second-order valence-corrected chi connectivity index (χ2v) is 20.0. The molecule has 0 aliphatic carbocycles. The Kier molecular flexibility index (Phi) is 13.6. The Morgan fingerprint density at radius 1 is 0.903 bits per heavy atom. The minimum Gasteiger partial charge on any atom is -0.493 e. The molecule has 3 aliphatic heterocycles. The van der Waals surface area contributed by atoms with E-state index >= 15 is 0 Å². The number of anilines is 3. The van der Waals surface area contributed by atoms with Crippen LogP contribution in [0.5, 0.6) is 5.75 Å². The van der Waals surface area contributed by atoms with Crippen LogP contribution in [0.3, 0.4) is 0 Å². The largest absolute Gasteiger partial charge is 0.493 e. The van der Waals surface area contributed by atoms with Gasteiger partial charge in [-0.1, -0.05) is 47.7 Å². The zero-order valence-electron chi connectivity index (χ0n) is 40.6. The Balaban J connectivity index is 0.729. The summed E-state index contributed by atoms with van der Waals surface area (Å²) in [5.41, 5.74) is 7.34. The highest BCUT2D eigenvalue weighted by atomic mass is 32.1. The minimum atomic E-state index is -1.14. The first-order chi connectivity index (χ1) is 34.8. The molecule has 7 aromatic rings. The number of rotatable bonds is 14. The number of ether oxygens (including phenoxy) is 1. The molecule has 72 heavy (non-hydrogen) atoms. The highest BCUT2D eigenvalue weighted by Crippen LogP contribution is 2.36. The Labute approximate surface area is 420 Å². The van der Waals surface area contributed by atoms with Gasteiger partial charge in [0.05, 0.1) is 40.5 Å². The number of aromatic carboxylic acids is 1. The van der Waals surface area contributed by atoms with Crippen molar-refractivity contribution in [3.8, 4) is 16.9 Å². The Morgan fingerprint density at radius 3 is 2.50 bits per heavy atom. The number of piperazine rings is 1. The van der Waals surface area contributed by atoms with E-state index in [9.17, 15) is 29.1 Å². The van der Waals surface area contributed by atoms with Crippen LogP contribution in [0.1, 0.15) is 82.3 Å². The van der Waals surface area contributed by atoms with Crippen molar-refractivity contribution < 1.29 is 33.8 Å². The molecule has 0 spiro atoms. The first-order valence-electron chi connectivity index (χ1n) is 24.4. The van der Waals surface area contributed by atoms with Gasteiger partial charge in [0.25, 0.3) is 5.91 Å². The summed E-state index contributed by atoms with van der Waals surface area (Å²) >= 11 is 1.42. The molecule has 3 aromatic heterocycles. The molecule has 0 saturated carbocycles. The molecule has 4 aromatic carbocycles. The normalized spacial score (nSPS) is 18.5. The zero-order valence-corrected chi connectivity index (χ0v) is 41.4. The summed E-state index contributed by atoms with van der Waals surface area (Å²) < 4.78 is 9.05. The number of fused-ring (bicyclic) bond motifs is 3. The zero-order chi connectivity index (χ0) is 50.2. The van der Waals surface area contributed by atoms with Crippen molar-refractivity contribution in [3.63, 3.8) is 0 Å². The number of aromatic nitrogens is 4. The number of para-hydroxylation sites is 1. The molecule has 0 radical (unpaired) electrons. The summed E-state index contributed by atoms with van der Waals surface area (Å²) in [6, 6.07) is 28.8. The lowest BCUT2D eigenvalue weighted by molar-refractivity contribution is -0.134. The minimum absolute atomic E-state index is 0.0618. The number of hydrogen-bond acceptors (Lipinski definition) is 13.